The van der Waals surface area contributed by atoms with E-state index in [1.165, 1.54) is 70.6 Å². The monoisotopic (exact) mass is 306 g/mol. The molecular weight excluding hydrogens is 271 g/mol. The number of hydrogen-bond donors (Lipinski definition) is 1. The molecule has 0 aromatic heterocycles. The number of rotatable bonds is 15. The van der Waals surface area contributed by atoms with Gasteiger partial charge in [0.15, 0.2) is 0 Å². The molecule has 1 N–H and O–H groups in total. The zero-order chi connectivity index (χ0) is 14.9. The van der Waals surface area contributed by atoms with Crippen molar-refractivity contribution in [3.8, 4) is 0 Å². The molecule has 0 aromatic rings. The normalized spacial score (nSPS) is 10.7. The molecule has 3 heteroatoms. The molecule has 0 unspecified atom stereocenters. The van der Waals surface area contributed by atoms with Crippen molar-refractivity contribution in [2.75, 3.05) is 0 Å². The van der Waals surface area contributed by atoms with Crippen molar-refractivity contribution in [2.45, 2.75) is 96.8 Å². The van der Waals surface area contributed by atoms with Gasteiger partial charge in [-0.15, -0.1) is 0 Å². The molecule has 0 radical (unpaired) electrons. The summed E-state index contributed by atoms with van der Waals surface area (Å²) in [5.74, 6) is -0.664. The third-order valence-electron chi connectivity index (χ3n) is 3.65. The molecule has 2 nitrogen and oxygen atoms in total. The van der Waals surface area contributed by atoms with Gasteiger partial charge in [0.05, 0.1) is 0 Å². The minimum absolute atomic E-state index is 0. The van der Waals surface area contributed by atoms with Gasteiger partial charge in [-0.3, -0.25) is 4.79 Å². The van der Waals surface area contributed by atoms with Gasteiger partial charge < -0.3 is 5.11 Å². The zero-order valence-corrected chi connectivity index (χ0v) is 13.4. The summed E-state index contributed by atoms with van der Waals surface area (Å²) in [6.07, 6.45) is 21.2. The first-order chi connectivity index (χ1) is 9.77. The van der Waals surface area contributed by atoms with Crippen LogP contribution in [0.4, 0.5) is 0 Å². The number of carbonyl (C=O) groups is 1. The fraction of sp³-hybridized carbons (Fsp3) is 0.833. The molecule has 0 bridgehead atoms. The van der Waals surface area contributed by atoms with E-state index in [1.807, 2.05) is 0 Å². The Bertz CT molecular complexity index is 239. The van der Waals surface area contributed by atoms with Crippen LogP contribution in [-0.2, 0) is 4.79 Å². The molecule has 0 atom stereocenters. The number of carboxylic acid groups (broad SMARTS) is 1. The number of aliphatic carboxylic acids is 1. The molecule has 0 amide bonds. The first-order valence-electron chi connectivity index (χ1n) is 8.64. The molecule has 0 heterocycles. The van der Waals surface area contributed by atoms with Crippen LogP contribution in [0.25, 0.3) is 0 Å². The first-order valence-corrected chi connectivity index (χ1v) is 8.64. The topological polar surface area (TPSA) is 37.3 Å². The van der Waals surface area contributed by atoms with Crippen molar-refractivity contribution < 1.29 is 9.90 Å². The predicted molar refractivity (Wildman–Crippen MR) is 94.2 cm³/mol. The van der Waals surface area contributed by atoms with E-state index in [0.29, 0.717) is 6.42 Å². The van der Waals surface area contributed by atoms with Crippen LogP contribution in [0.2, 0.25) is 0 Å². The average Bonchev–Trinajstić information content (AvgIpc) is 2.43. The van der Waals surface area contributed by atoms with Gasteiger partial charge in [-0.1, -0.05) is 70.4 Å². The van der Waals surface area contributed by atoms with Crippen molar-refractivity contribution in [2.24, 2.45) is 0 Å². The van der Waals surface area contributed by atoms with Crippen LogP contribution in [0.15, 0.2) is 12.2 Å². The Morgan fingerprint density at radius 1 is 0.762 bits per heavy atom. The first kappa shape index (κ1) is 23.5. The van der Waals surface area contributed by atoms with Crippen LogP contribution < -0.4 is 0 Å². The van der Waals surface area contributed by atoms with Gasteiger partial charge in [-0.05, 0) is 32.1 Å². The van der Waals surface area contributed by atoms with E-state index in [-0.39, 0.29) is 29.6 Å². The maximum atomic E-state index is 10.3. The molecule has 0 aliphatic rings. The standard InChI is InChI=1S/C18H34O2.Na.H/c1-2-3-4-5-6-7-8-9-10-11-12-13-14-15-16-17-18(19)20;;/h9-10H,2-8,11-17H2,1H3,(H,19,20);;. The number of hydrogen-bond acceptors (Lipinski definition) is 1. The second-order valence-electron chi connectivity index (χ2n) is 5.73. The SMILES string of the molecule is CCCCCCCCC=CCCCCCCCC(=O)O.[NaH]. The molecule has 120 valence electrons. The van der Waals surface area contributed by atoms with Gasteiger partial charge in [0.2, 0.25) is 0 Å². The summed E-state index contributed by atoms with van der Waals surface area (Å²) in [7, 11) is 0. The van der Waals surface area contributed by atoms with E-state index in [1.54, 1.807) is 0 Å². The molecule has 0 saturated carbocycles. The van der Waals surface area contributed by atoms with E-state index >= 15 is 0 Å². The number of allylic oxidation sites excluding steroid dienone is 2. The maximum absolute atomic E-state index is 10.3. The second kappa shape index (κ2) is 20.2. The quantitative estimate of drug-likeness (QED) is 0.248. The molecular formula is C18H35NaO2. The van der Waals surface area contributed by atoms with Crippen molar-refractivity contribution in [1.82, 2.24) is 0 Å². The molecule has 0 aromatic carbocycles. The summed E-state index contributed by atoms with van der Waals surface area (Å²) >= 11 is 0. The van der Waals surface area contributed by atoms with Crippen molar-refractivity contribution in [1.29, 1.82) is 0 Å². The predicted octanol–water partition coefficient (Wildman–Crippen LogP) is 5.46. The fourth-order valence-corrected chi connectivity index (χ4v) is 2.35. The van der Waals surface area contributed by atoms with Crippen LogP contribution in [-0.4, -0.2) is 40.6 Å². The summed E-state index contributed by atoms with van der Waals surface area (Å²) in [5, 5.41) is 8.51. The Morgan fingerprint density at radius 2 is 1.19 bits per heavy atom. The Labute approximate surface area is 154 Å². The third kappa shape index (κ3) is 22.6. The average molecular weight is 306 g/mol. The van der Waals surface area contributed by atoms with Gasteiger partial charge in [0, 0.05) is 6.42 Å². The van der Waals surface area contributed by atoms with Gasteiger partial charge in [0.1, 0.15) is 0 Å². The zero-order valence-electron chi connectivity index (χ0n) is 13.4. The van der Waals surface area contributed by atoms with Crippen LogP contribution >= 0.6 is 0 Å². The minimum atomic E-state index is -0.664. The van der Waals surface area contributed by atoms with Crippen LogP contribution in [0.3, 0.4) is 0 Å². The molecule has 0 saturated heterocycles. The molecule has 0 rings (SSSR count). The van der Waals surface area contributed by atoms with Gasteiger partial charge in [-0.2, -0.15) is 0 Å². The Morgan fingerprint density at radius 3 is 1.67 bits per heavy atom. The van der Waals surface area contributed by atoms with Crippen LogP contribution in [0.5, 0.6) is 0 Å². The van der Waals surface area contributed by atoms with E-state index in [4.69, 9.17) is 5.11 Å². The summed E-state index contributed by atoms with van der Waals surface area (Å²) < 4.78 is 0. The van der Waals surface area contributed by atoms with E-state index in [0.717, 1.165) is 12.8 Å². The molecule has 0 fully saturated rings. The summed E-state index contributed by atoms with van der Waals surface area (Å²) in [5.41, 5.74) is 0. The molecule has 21 heavy (non-hydrogen) atoms. The number of unbranched alkanes of at least 4 members (excludes halogenated alkanes) is 11. The Balaban J connectivity index is 0. The van der Waals surface area contributed by atoms with Crippen LogP contribution in [0, 0.1) is 0 Å². The van der Waals surface area contributed by atoms with Crippen molar-refractivity contribution in [3.63, 3.8) is 0 Å². The summed E-state index contributed by atoms with van der Waals surface area (Å²) in [6.45, 7) is 2.26. The van der Waals surface area contributed by atoms with Gasteiger partial charge >= 0.3 is 35.5 Å². The summed E-state index contributed by atoms with van der Waals surface area (Å²) in [4.78, 5) is 10.3. The molecule has 0 aliphatic heterocycles. The number of carboxylic acids is 1. The Hall–Kier alpha value is 0.210. The van der Waals surface area contributed by atoms with Crippen LogP contribution in [0.1, 0.15) is 96.8 Å². The molecule has 0 spiro atoms. The molecule has 0 aliphatic carbocycles. The van der Waals surface area contributed by atoms with Crippen molar-refractivity contribution >= 4 is 35.5 Å². The van der Waals surface area contributed by atoms with Crippen molar-refractivity contribution in [3.05, 3.63) is 12.2 Å². The van der Waals surface area contributed by atoms with E-state index in [2.05, 4.69) is 19.1 Å². The fourth-order valence-electron chi connectivity index (χ4n) is 2.35. The van der Waals surface area contributed by atoms with Gasteiger partial charge in [0.25, 0.3) is 0 Å². The summed E-state index contributed by atoms with van der Waals surface area (Å²) in [6, 6.07) is 0. The van der Waals surface area contributed by atoms with E-state index < -0.39 is 5.97 Å². The third-order valence-corrected chi connectivity index (χ3v) is 3.65. The second-order valence-corrected chi connectivity index (χ2v) is 5.73. The Kier molecular flexibility index (Phi) is 22.6. The van der Waals surface area contributed by atoms with Gasteiger partial charge in [-0.25, -0.2) is 0 Å². The van der Waals surface area contributed by atoms with E-state index in [9.17, 15) is 4.79 Å².